The Kier molecular flexibility index (Phi) is 6.58. The number of benzene rings is 2. The van der Waals surface area contributed by atoms with E-state index in [2.05, 4.69) is 12.2 Å². The Morgan fingerprint density at radius 2 is 1.50 bits per heavy atom. The highest BCUT2D eigenvalue weighted by atomic mass is 16.5. The van der Waals surface area contributed by atoms with Crippen molar-refractivity contribution in [3.05, 3.63) is 71.3 Å². The van der Waals surface area contributed by atoms with E-state index in [-0.39, 0.29) is 35.5 Å². The second kappa shape index (κ2) is 9.31. The molecule has 0 heterocycles. The van der Waals surface area contributed by atoms with E-state index in [1.165, 1.54) is 0 Å². The molecule has 1 amide bonds. The van der Waals surface area contributed by atoms with Crippen molar-refractivity contribution in [2.45, 2.75) is 38.6 Å². The predicted octanol–water partition coefficient (Wildman–Crippen LogP) is 3.77. The standard InChI is InChI=1S/C23H25NO4/c1-16-11-13-18(14-12-16)24-21(25)15-28-23(27)20-10-6-5-9-19(20)22(26)17-7-3-2-4-8-17/h2-10,16,18H,11-15H2,1H3,(H,24,25). The van der Waals surface area contributed by atoms with E-state index in [4.69, 9.17) is 4.74 Å². The molecule has 1 aliphatic rings. The lowest BCUT2D eigenvalue weighted by atomic mass is 9.87. The molecule has 1 saturated carbocycles. The third kappa shape index (κ3) is 5.06. The van der Waals surface area contributed by atoms with E-state index in [0.29, 0.717) is 11.5 Å². The molecule has 3 rings (SSSR count). The number of hydrogen-bond acceptors (Lipinski definition) is 4. The second-order valence-electron chi connectivity index (χ2n) is 7.34. The molecule has 0 saturated heterocycles. The summed E-state index contributed by atoms with van der Waals surface area (Å²) in [5.41, 5.74) is 0.919. The van der Waals surface area contributed by atoms with Gasteiger partial charge >= 0.3 is 5.97 Å². The smallest absolute Gasteiger partial charge is 0.339 e. The van der Waals surface area contributed by atoms with Crippen LogP contribution in [0.2, 0.25) is 0 Å². The van der Waals surface area contributed by atoms with Gasteiger partial charge in [-0.2, -0.15) is 0 Å². The van der Waals surface area contributed by atoms with Crippen LogP contribution in [0.1, 0.15) is 58.9 Å². The monoisotopic (exact) mass is 379 g/mol. The summed E-state index contributed by atoms with van der Waals surface area (Å²) < 4.78 is 5.18. The molecule has 0 aromatic heterocycles. The lowest BCUT2D eigenvalue weighted by Gasteiger charge is -2.26. The van der Waals surface area contributed by atoms with Gasteiger partial charge in [0.15, 0.2) is 12.4 Å². The molecule has 5 heteroatoms. The normalized spacial score (nSPS) is 18.9. The summed E-state index contributed by atoms with van der Waals surface area (Å²) in [6.07, 6.45) is 4.10. The van der Waals surface area contributed by atoms with Gasteiger partial charge in [0, 0.05) is 17.2 Å². The summed E-state index contributed by atoms with van der Waals surface area (Å²) in [5.74, 6) is -0.536. The Bertz CT molecular complexity index is 839. The highest BCUT2D eigenvalue weighted by Crippen LogP contribution is 2.23. The summed E-state index contributed by atoms with van der Waals surface area (Å²) in [6.45, 7) is 1.87. The number of ether oxygens (including phenoxy) is 1. The Hall–Kier alpha value is -2.95. The SMILES string of the molecule is CC1CCC(NC(=O)COC(=O)c2ccccc2C(=O)c2ccccc2)CC1. The zero-order valence-corrected chi connectivity index (χ0v) is 16.0. The van der Waals surface area contributed by atoms with Crippen molar-refractivity contribution in [1.82, 2.24) is 5.32 Å². The van der Waals surface area contributed by atoms with Crippen LogP contribution in [0.4, 0.5) is 0 Å². The highest BCUT2D eigenvalue weighted by molar-refractivity contribution is 6.14. The van der Waals surface area contributed by atoms with Gasteiger partial charge < -0.3 is 10.1 Å². The van der Waals surface area contributed by atoms with Crippen LogP contribution >= 0.6 is 0 Å². The zero-order valence-electron chi connectivity index (χ0n) is 16.0. The van der Waals surface area contributed by atoms with E-state index in [0.717, 1.165) is 25.7 Å². The van der Waals surface area contributed by atoms with Crippen molar-refractivity contribution in [1.29, 1.82) is 0 Å². The fourth-order valence-electron chi connectivity index (χ4n) is 3.49. The molecule has 0 radical (unpaired) electrons. The zero-order chi connectivity index (χ0) is 19.9. The fourth-order valence-corrected chi connectivity index (χ4v) is 3.49. The topological polar surface area (TPSA) is 72.5 Å². The van der Waals surface area contributed by atoms with E-state index in [9.17, 15) is 14.4 Å². The van der Waals surface area contributed by atoms with Crippen LogP contribution in [0, 0.1) is 5.92 Å². The van der Waals surface area contributed by atoms with Crippen LogP contribution in [0.5, 0.6) is 0 Å². The molecule has 28 heavy (non-hydrogen) atoms. The van der Waals surface area contributed by atoms with Gasteiger partial charge in [-0.05, 0) is 37.7 Å². The van der Waals surface area contributed by atoms with Gasteiger partial charge in [0.2, 0.25) is 0 Å². The van der Waals surface area contributed by atoms with Gasteiger partial charge in [-0.3, -0.25) is 9.59 Å². The average molecular weight is 379 g/mol. The maximum Gasteiger partial charge on any atom is 0.339 e. The first kappa shape index (κ1) is 19.8. The summed E-state index contributed by atoms with van der Waals surface area (Å²) in [4.78, 5) is 37.3. The molecule has 0 spiro atoms. The first-order valence-corrected chi connectivity index (χ1v) is 9.70. The molecule has 1 fully saturated rings. The number of amides is 1. The van der Waals surface area contributed by atoms with Crippen LogP contribution in [0.3, 0.4) is 0 Å². The lowest BCUT2D eigenvalue weighted by molar-refractivity contribution is -0.125. The molecule has 146 valence electrons. The largest absolute Gasteiger partial charge is 0.452 e. The fraction of sp³-hybridized carbons (Fsp3) is 0.348. The van der Waals surface area contributed by atoms with Crippen molar-refractivity contribution in [3.63, 3.8) is 0 Å². The van der Waals surface area contributed by atoms with Crippen LogP contribution < -0.4 is 5.32 Å². The summed E-state index contributed by atoms with van der Waals surface area (Å²) in [5, 5.41) is 2.93. The summed E-state index contributed by atoms with van der Waals surface area (Å²) >= 11 is 0. The van der Waals surface area contributed by atoms with Gasteiger partial charge in [0.25, 0.3) is 5.91 Å². The number of ketones is 1. The van der Waals surface area contributed by atoms with E-state index in [1.807, 2.05) is 6.07 Å². The quantitative estimate of drug-likeness (QED) is 0.613. The maximum atomic E-state index is 12.7. The van der Waals surface area contributed by atoms with Crippen LogP contribution in [-0.4, -0.2) is 30.3 Å². The molecule has 0 atom stereocenters. The molecule has 0 unspecified atom stereocenters. The van der Waals surface area contributed by atoms with Crippen LogP contribution in [0.15, 0.2) is 54.6 Å². The minimum absolute atomic E-state index is 0.148. The number of carbonyl (C=O) groups excluding carboxylic acids is 3. The Morgan fingerprint density at radius 1 is 0.893 bits per heavy atom. The van der Waals surface area contributed by atoms with Crippen molar-refractivity contribution in [2.24, 2.45) is 5.92 Å². The Balaban J connectivity index is 1.60. The first-order chi connectivity index (χ1) is 13.5. The molecule has 2 aromatic carbocycles. The third-order valence-electron chi connectivity index (χ3n) is 5.14. The number of rotatable bonds is 6. The van der Waals surface area contributed by atoms with E-state index < -0.39 is 5.97 Å². The first-order valence-electron chi connectivity index (χ1n) is 9.70. The molecule has 5 nitrogen and oxygen atoms in total. The van der Waals surface area contributed by atoms with E-state index in [1.54, 1.807) is 48.5 Å². The summed E-state index contributed by atoms with van der Waals surface area (Å²) in [7, 11) is 0. The van der Waals surface area contributed by atoms with Crippen LogP contribution in [-0.2, 0) is 9.53 Å². The minimum Gasteiger partial charge on any atom is -0.452 e. The Labute approximate surface area is 165 Å². The molecule has 1 aliphatic carbocycles. The lowest BCUT2D eigenvalue weighted by Crippen LogP contribution is -2.39. The molecule has 1 N–H and O–H groups in total. The van der Waals surface area contributed by atoms with Gasteiger partial charge in [0.1, 0.15) is 0 Å². The van der Waals surface area contributed by atoms with Gasteiger partial charge in [-0.15, -0.1) is 0 Å². The van der Waals surface area contributed by atoms with E-state index >= 15 is 0 Å². The number of esters is 1. The van der Waals surface area contributed by atoms with Gasteiger partial charge in [-0.1, -0.05) is 55.5 Å². The van der Waals surface area contributed by atoms with Crippen LogP contribution in [0.25, 0.3) is 0 Å². The predicted molar refractivity (Wildman–Crippen MR) is 106 cm³/mol. The maximum absolute atomic E-state index is 12.7. The number of hydrogen-bond donors (Lipinski definition) is 1. The molecule has 2 aromatic rings. The highest BCUT2D eigenvalue weighted by Gasteiger charge is 2.22. The molecular formula is C23H25NO4. The molecular weight excluding hydrogens is 354 g/mol. The average Bonchev–Trinajstić information content (AvgIpc) is 2.74. The number of carbonyl (C=O) groups is 3. The van der Waals surface area contributed by atoms with Gasteiger partial charge in [-0.25, -0.2) is 4.79 Å². The van der Waals surface area contributed by atoms with Crippen molar-refractivity contribution in [2.75, 3.05) is 6.61 Å². The van der Waals surface area contributed by atoms with Gasteiger partial charge in [0.05, 0.1) is 5.56 Å². The minimum atomic E-state index is -0.674. The number of nitrogens with one attached hydrogen (secondary N) is 1. The van der Waals surface area contributed by atoms with Crippen molar-refractivity contribution in [3.8, 4) is 0 Å². The Morgan fingerprint density at radius 3 is 2.18 bits per heavy atom. The van der Waals surface area contributed by atoms with Crippen molar-refractivity contribution < 1.29 is 19.1 Å². The molecule has 0 aliphatic heterocycles. The molecule has 0 bridgehead atoms. The third-order valence-corrected chi connectivity index (χ3v) is 5.14. The summed E-state index contributed by atoms with van der Waals surface area (Å²) in [6, 6.07) is 15.4. The van der Waals surface area contributed by atoms with Crippen molar-refractivity contribution >= 4 is 17.7 Å². The second-order valence-corrected chi connectivity index (χ2v) is 7.34.